The second-order valence-electron chi connectivity index (χ2n) is 7.52. The van der Waals surface area contributed by atoms with Crippen molar-refractivity contribution >= 4 is 5.91 Å². The third-order valence-electron chi connectivity index (χ3n) is 5.73. The maximum atomic E-state index is 13.0. The molecule has 0 unspecified atom stereocenters. The van der Waals surface area contributed by atoms with Gasteiger partial charge in [-0.15, -0.1) is 5.10 Å². The fraction of sp³-hybridized carbons (Fsp3) is 0.550. The number of rotatable bonds is 5. The molecule has 2 N–H and O–H groups in total. The highest BCUT2D eigenvalue weighted by Crippen LogP contribution is 2.28. The molecule has 7 heteroatoms. The Balaban J connectivity index is 1.42. The first kappa shape index (κ1) is 18.1. The van der Waals surface area contributed by atoms with Crippen molar-refractivity contribution in [3.63, 3.8) is 0 Å². The topological polar surface area (TPSA) is 83.3 Å². The minimum atomic E-state index is -0.560. The maximum absolute atomic E-state index is 13.0. The third kappa shape index (κ3) is 4.04. The molecule has 144 valence electrons. The number of nitrogens with zero attached hydrogens (tertiary/aromatic N) is 4. The van der Waals surface area contributed by atoms with Gasteiger partial charge < -0.3 is 15.3 Å². The van der Waals surface area contributed by atoms with Crippen LogP contribution in [0.1, 0.15) is 60.3 Å². The molecule has 0 aliphatic carbocycles. The third-order valence-corrected chi connectivity index (χ3v) is 5.73. The van der Waals surface area contributed by atoms with Gasteiger partial charge in [-0.1, -0.05) is 35.5 Å². The lowest BCUT2D eigenvalue weighted by Gasteiger charge is -2.26. The largest absolute Gasteiger partial charge is 0.388 e. The summed E-state index contributed by atoms with van der Waals surface area (Å²) in [6, 6.07) is 10.00. The van der Waals surface area contributed by atoms with Crippen molar-refractivity contribution in [1.82, 2.24) is 25.2 Å². The molecule has 2 aliphatic rings. The molecule has 3 heterocycles. The van der Waals surface area contributed by atoms with Crippen molar-refractivity contribution in [1.29, 1.82) is 0 Å². The Hall–Kier alpha value is -2.25. The smallest absolute Gasteiger partial charge is 0.276 e. The summed E-state index contributed by atoms with van der Waals surface area (Å²) in [7, 11) is 0. The zero-order chi connectivity index (χ0) is 18.6. The molecule has 2 fully saturated rings. The number of amides is 1. The SMILES string of the molecule is O=C(c1cn(C2CCNCC2)nn1)N1CCC[C@H]1C[C@@H](O)c1ccccc1. The number of hydrogen-bond donors (Lipinski definition) is 2. The number of aliphatic hydroxyl groups is 1. The lowest BCUT2D eigenvalue weighted by atomic mass is 10.0. The van der Waals surface area contributed by atoms with Gasteiger partial charge in [-0.25, -0.2) is 4.68 Å². The van der Waals surface area contributed by atoms with Gasteiger partial charge in [0, 0.05) is 12.6 Å². The second kappa shape index (κ2) is 8.19. The molecule has 0 spiro atoms. The van der Waals surface area contributed by atoms with Crippen LogP contribution in [0.25, 0.3) is 0 Å². The zero-order valence-corrected chi connectivity index (χ0v) is 15.5. The Morgan fingerprint density at radius 3 is 2.78 bits per heavy atom. The quantitative estimate of drug-likeness (QED) is 0.841. The van der Waals surface area contributed by atoms with Crippen LogP contribution in [0.4, 0.5) is 0 Å². The number of piperidine rings is 1. The molecule has 0 bridgehead atoms. The number of aliphatic hydroxyl groups excluding tert-OH is 1. The van der Waals surface area contributed by atoms with Gasteiger partial charge in [0.25, 0.3) is 5.91 Å². The summed E-state index contributed by atoms with van der Waals surface area (Å²) in [6.07, 6.45) is 5.67. The standard InChI is InChI=1S/C20H27N5O2/c26-19(15-5-2-1-3-6-15)13-17-7-4-12-24(17)20(27)18-14-25(23-22-18)16-8-10-21-11-9-16/h1-3,5-6,14,16-17,19,21,26H,4,7-13H2/t17-,19+/m0/s1. The van der Waals surface area contributed by atoms with Crippen LogP contribution in [0.5, 0.6) is 0 Å². The molecule has 0 radical (unpaired) electrons. The normalized spacial score (nSPS) is 22.1. The summed E-state index contributed by atoms with van der Waals surface area (Å²) in [5.74, 6) is -0.0713. The van der Waals surface area contributed by atoms with Crippen LogP contribution in [0.2, 0.25) is 0 Å². The summed E-state index contributed by atoms with van der Waals surface area (Å²) in [4.78, 5) is 14.9. The van der Waals surface area contributed by atoms with Gasteiger partial charge in [-0.2, -0.15) is 0 Å². The number of aromatic nitrogens is 3. The number of carbonyl (C=O) groups is 1. The zero-order valence-electron chi connectivity index (χ0n) is 15.5. The Morgan fingerprint density at radius 1 is 1.22 bits per heavy atom. The number of carbonyl (C=O) groups excluding carboxylic acids is 1. The monoisotopic (exact) mass is 369 g/mol. The van der Waals surface area contributed by atoms with E-state index in [0.29, 0.717) is 24.7 Å². The molecule has 2 saturated heterocycles. The summed E-state index contributed by atoms with van der Waals surface area (Å²) in [5.41, 5.74) is 1.31. The van der Waals surface area contributed by atoms with Crippen LogP contribution in [-0.4, -0.2) is 56.6 Å². The van der Waals surface area contributed by atoms with Gasteiger partial charge in [0.2, 0.25) is 0 Å². The van der Waals surface area contributed by atoms with Crippen LogP contribution in [0, 0.1) is 0 Å². The highest BCUT2D eigenvalue weighted by Gasteiger charge is 2.33. The molecule has 2 aromatic rings. The Morgan fingerprint density at radius 2 is 2.00 bits per heavy atom. The fourth-order valence-electron chi connectivity index (χ4n) is 4.19. The Labute approximate surface area is 159 Å². The first-order valence-electron chi connectivity index (χ1n) is 9.89. The van der Waals surface area contributed by atoms with Crippen LogP contribution >= 0.6 is 0 Å². The van der Waals surface area contributed by atoms with Crippen molar-refractivity contribution in [2.24, 2.45) is 0 Å². The van der Waals surface area contributed by atoms with Gasteiger partial charge in [0.05, 0.1) is 18.3 Å². The van der Waals surface area contributed by atoms with Crippen molar-refractivity contribution in [3.05, 3.63) is 47.8 Å². The van der Waals surface area contributed by atoms with E-state index in [1.165, 1.54) is 0 Å². The van der Waals surface area contributed by atoms with E-state index in [1.54, 1.807) is 6.20 Å². The molecule has 1 aromatic heterocycles. The first-order valence-corrected chi connectivity index (χ1v) is 9.89. The summed E-state index contributed by atoms with van der Waals surface area (Å²) in [5, 5.41) is 22.2. The highest BCUT2D eigenvalue weighted by molar-refractivity contribution is 5.92. The molecule has 4 rings (SSSR count). The van der Waals surface area contributed by atoms with Crippen molar-refractivity contribution in [2.45, 2.75) is 50.3 Å². The van der Waals surface area contributed by atoms with Crippen molar-refractivity contribution < 1.29 is 9.90 Å². The van der Waals surface area contributed by atoms with Crippen LogP contribution in [0.3, 0.4) is 0 Å². The van der Waals surface area contributed by atoms with E-state index in [1.807, 2.05) is 39.9 Å². The molecule has 27 heavy (non-hydrogen) atoms. The van der Waals surface area contributed by atoms with E-state index in [2.05, 4.69) is 15.6 Å². The van der Waals surface area contributed by atoms with Gasteiger partial charge in [-0.05, 0) is 50.8 Å². The summed E-state index contributed by atoms with van der Waals surface area (Å²) in [6.45, 7) is 2.66. The lowest BCUT2D eigenvalue weighted by molar-refractivity contribution is 0.0661. The molecular formula is C20H27N5O2. The molecule has 1 amide bonds. The average molecular weight is 369 g/mol. The predicted molar refractivity (Wildman–Crippen MR) is 101 cm³/mol. The van der Waals surface area contributed by atoms with E-state index in [-0.39, 0.29) is 11.9 Å². The van der Waals surface area contributed by atoms with Crippen LogP contribution in [-0.2, 0) is 0 Å². The van der Waals surface area contributed by atoms with Crippen LogP contribution in [0.15, 0.2) is 36.5 Å². The van der Waals surface area contributed by atoms with E-state index in [4.69, 9.17) is 0 Å². The molecular weight excluding hydrogens is 342 g/mol. The van der Waals surface area contributed by atoms with E-state index in [9.17, 15) is 9.90 Å². The first-order chi connectivity index (χ1) is 13.2. The molecule has 1 aromatic carbocycles. The molecule has 2 aliphatic heterocycles. The predicted octanol–water partition coefficient (Wildman–Crippen LogP) is 1.93. The van der Waals surface area contributed by atoms with Crippen molar-refractivity contribution in [2.75, 3.05) is 19.6 Å². The minimum Gasteiger partial charge on any atom is -0.388 e. The Kier molecular flexibility index (Phi) is 5.50. The van der Waals surface area contributed by atoms with Gasteiger partial charge >= 0.3 is 0 Å². The number of benzene rings is 1. The van der Waals surface area contributed by atoms with Gasteiger partial charge in [0.1, 0.15) is 0 Å². The van der Waals surface area contributed by atoms with Gasteiger partial charge in [0.15, 0.2) is 5.69 Å². The van der Waals surface area contributed by atoms with Crippen molar-refractivity contribution in [3.8, 4) is 0 Å². The average Bonchev–Trinajstić information content (AvgIpc) is 3.39. The second-order valence-corrected chi connectivity index (χ2v) is 7.52. The van der Waals surface area contributed by atoms with E-state index < -0.39 is 6.10 Å². The summed E-state index contributed by atoms with van der Waals surface area (Å²) >= 11 is 0. The molecule has 7 nitrogen and oxygen atoms in total. The molecule has 0 saturated carbocycles. The van der Waals surface area contributed by atoms with E-state index >= 15 is 0 Å². The van der Waals surface area contributed by atoms with Gasteiger partial charge in [-0.3, -0.25) is 4.79 Å². The fourth-order valence-corrected chi connectivity index (χ4v) is 4.19. The Bertz CT molecular complexity index is 757. The summed E-state index contributed by atoms with van der Waals surface area (Å²) < 4.78 is 1.85. The lowest BCUT2D eigenvalue weighted by Crippen LogP contribution is -2.36. The maximum Gasteiger partial charge on any atom is 0.276 e. The number of hydrogen-bond acceptors (Lipinski definition) is 5. The number of nitrogens with one attached hydrogen (secondary N) is 1. The number of likely N-dealkylation sites (tertiary alicyclic amines) is 1. The molecule has 2 atom stereocenters. The van der Waals surface area contributed by atoms with Crippen LogP contribution < -0.4 is 5.32 Å². The minimum absolute atomic E-state index is 0.0386. The highest BCUT2D eigenvalue weighted by atomic mass is 16.3. The van der Waals surface area contributed by atoms with E-state index in [0.717, 1.165) is 44.3 Å².